The Morgan fingerprint density at radius 2 is 1.80 bits per heavy atom. The van der Waals surface area contributed by atoms with Gasteiger partial charge in [0.1, 0.15) is 5.69 Å². The Morgan fingerprint density at radius 3 is 2.40 bits per heavy atom. The number of aromatic nitrogens is 1. The molecule has 0 aliphatic carbocycles. The Labute approximate surface area is 147 Å². The highest BCUT2D eigenvalue weighted by atomic mass is 16.2. The molecule has 0 radical (unpaired) electrons. The molecule has 0 aliphatic heterocycles. The smallest absolute Gasteiger partial charge is 0.272 e. The Morgan fingerprint density at radius 1 is 1.16 bits per heavy atom. The number of hydrogen-bond donors (Lipinski definition) is 1. The van der Waals surface area contributed by atoms with Crippen LogP contribution in [0.5, 0.6) is 0 Å². The van der Waals surface area contributed by atoms with Gasteiger partial charge in [-0.05, 0) is 31.5 Å². The van der Waals surface area contributed by atoms with Crippen LogP contribution in [0, 0.1) is 26.2 Å². The highest BCUT2D eigenvalue weighted by molar-refractivity contribution is 6.44. The Hall–Kier alpha value is -3.13. The highest BCUT2D eigenvalue weighted by Gasteiger charge is 2.27. The van der Waals surface area contributed by atoms with Crippen molar-refractivity contribution in [2.45, 2.75) is 26.7 Å². The lowest BCUT2D eigenvalue weighted by molar-refractivity contribution is -0.115. The number of hydrogen-bond acceptors (Lipinski definition) is 3. The molecule has 128 valence electrons. The van der Waals surface area contributed by atoms with Gasteiger partial charge < -0.3 is 9.88 Å². The second-order valence-electron chi connectivity index (χ2n) is 5.77. The standard InChI is InChI=1S/C20H20N2O3/c1-5-6-12-16(23)19(24)17-13(2)18(22(4)14(17)3)20(25)21-15-10-8-7-9-11-15/h1,7-11H,6,12H2,2-4H3,(H,21,25). The molecule has 0 atom stereocenters. The van der Waals surface area contributed by atoms with Crippen molar-refractivity contribution in [1.82, 2.24) is 4.57 Å². The van der Waals surface area contributed by atoms with E-state index in [1.165, 1.54) is 0 Å². The summed E-state index contributed by atoms with van der Waals surface area (Å²) in [5.41, 5.74) is 2.36. The van der Waals surface area contributed by atoms with E-state index in [1.807, 2.05) is 18.2 Å². The molecular weight excluding hydrogens is 316 g/mol. The first-order valence-corrected chi connectivity index (χ1v) is 7.91. The number of rotatable bonds is 6. The maximum absolute atomic E-state index is 12.6. The van der Waals surface area contributed by atoms with Gasteiger partial charge >= 0.3 is 0 Å². The second kappa shape index (κ2) is 7.63. The van der Waals surface area contributed by atoms with Crippen molar-refractivity contribution in [2.75, 3.05) is 5.32 Å². The van der Waals surface area contributed by atoms with E-state index >= 15 is 0 Å². The van der Waals surface area contributed by atoms with E-state index in [4.69, 9.17) is 6.42 Å². The average molecular weight is 336 g/mol. The fourth-order valence-corrected chi connectivity index (χ4v) is 2.78. The molecule has 25 heavy (non-hydrogen) atoms. The van der Waals surface area contributed by atoms with Crippen LogP contribution in [-0.2, 0) is 11.8 Å². The summed E-state index contributed by atoms with van der Waals surface area (Å²) in [5.74, 6) is 0.890. The third-order valence-corrected chi connectivity index (χ3v) is 4.15. The van der Waals surface area contributed by atoms with Gasteiger partial charge in [-0.2, -0.15) is 0 Å². The van der Waals surface area contributed by atoms with E-state index in [0.717, 1.165) is 0 Å². The molecule has 5 heteroatoms. The maximum atomic E-state index is 12.6. The summed E-state index contributed by atoms with van der Waals surface area (Å²) >= 11 is 0. The molecule has 1 aromatic carbocycles. The van der Waals surface area contributed by atoms with Gasteiger partial charge in [0.15, 0.2) is 0 Å². The SMILES string of the molecule is C#CCCC(=O)C(=O)c1c(C)c(C(=O)Nc2ccccc2)n(C)c1C. The minimum atomic E-state index is -0.598. The summed E-state index contributed by atoms with van der Waals surface area (Å²) in [6.45, 7) is 3.39. The maximum Gasteiger partial charge on any atom is 0.272 e. The van der Waals surface area contributed by atoms with E-state index in [9.17, 15) is 14.4 Å². The number of benzene rings is 1. The molecule has 1 aromatic heterocycles. The molecule has 0 bridgehead atoms. The molecule has 0 saturated heterocycles. The van der Waals surface area contributed by atoms with E-state index < -0.39 is 11.6 Å². The molecule has 2 rings (SSSR count). The van der Waals surface area contributed by atoms with Gasteiger partial charge in [-0.25, -0.2) is 0 Å². The number of anilines is 1. The van der Waals surface area contributed by atoms with Gasteiger partial charge in [0.05, 0.1) is 5.56 Å². The number of nitrogens with zero attached hydrogens (tertiary/aromatic N) is 1. The number of terminal acetylenes is 1. The molecule has 1 amide bonds. The lowest BCUT2D eigenvalue weighted by Crippen LogP contribution is -2.17. The lowest BCUT2D eigenvalue weighted by atomic mass is 10.0. The van der Waals surface area contributed by atoms with Gasteiger partial charge in [0.25, 0.3) is 5.91 Å². The topological polar surface area (TPSA) is 68.2 Å². The Bertz CT molecular complexity index is 871. The molecule has 5 nitrogen and oxygen atoms in total. The molecule has 0 unspecified atom stereocenters. The van der Waals surface area contributed by atoms with E-state index in [2.05, 4.69) is 11.2 Å². The Kier molecular flexibility index (Phi) is 5.56. The number of carbonyl (C=O) groups excluding carboxylic acids is 3. The largest absolute Gasteiger partial charge is 0.343 e. The monoisotopic (exact) mass is 336 g/mol. The van der Waals surface area contributed by atoms with Crippen LogP contribution in [0.3, 0.4) is 0 Å². The minimum absolute atomic E-state index is 0.00858. The third-order valence-electron chi connectivity index (χ3n) is 4.15. The fourth-order valence-electron chi connectivity index (χ4n) is 2.78. The predicted octanol–water partition coefficient (Wildman–Crippen LogP) is 3.06. The average Bonchev–Trinajstić information content (AvgIpc) is 2.82. The molecule has 0 spiro atoms. The van der Waals surface area contributed by atoms with Crippen LogP contribution in [0.25, 0.3) is 0 Å². The molecule has 1 heterocycles. The van der Waals surface area contributed by atoms with Crippen molar-refractivity contribution < 1.29 is 14.4 Å². The van der Waals surface area contributed by atoms with Crippen molar-refractivity contribution >= 4 is 23.2 Å². The van der Waals surface area contributed by atoms with Crippen LogP contribution in [0.2, 0.25) is 0 Å². The van der Waals surface area contributed by atoms with Gasteiger partial charge in [0, 0.05) is 31.3 Å². The molecule has 0 fully saturated rings. The summed E-state index contributed by atoms with van der Waals surface area (Å²) in [5, 5.41) is 2.80. The zero-order valence-corrected chi connectivity index (χ0v) is 14.6. The molecule has 1 N–H and O–H groups in total. The van der Waals surface area contributed by atoms with Crippen molar-refractivity contribution in [3.05, 3.63) is 52.8 Å². The second-order valence-corrected chi connectivity index (χ2v) is 5.77. The quantitative estimate of drug-likeness (QED) is 0.501. The third kappa shape index (κ3) is 3.69. The van der Waals surface area contributed by atoms with Gasteiger partial charge in [-0.1, -0.05) is 18.2 Å². The zero-order chi connectivity index (χ0) is 18.6. The van der Waals surface area contributed by atoms with Crippen LogP contribution < -0.4 is 5.32 Å². The number of nitrogens with one attached hydrogen (secondary N) is 1. The molecule has 0 saturated carbocycles. The minimum Gasteiger partial charge on any atom is -0.343 e. The van der Waals surface area contributed by atoms with E-state index in [-0.39, 0.29) is 24.3 Å². The van der Waals surface area contributed by atoms with E-state index in [1.54, 1.807) is 37.6 Å². The first kappa shape index (κ1) is 18.2. The normalized spacial score (nSPS) is 10.2. The lowest BCUT2D eigenvalue weighted by Gasteiger charge is -2.08. The summed E-state index contributed by atoms with van der Waals surface area (Å²) in [6, 6.07) is 9.04. The van der Waals surface area contributed by atoms with Crippen LogP contribution >= 0.6 is 0 Å². The summed E-state index contributed by atoms with van der Waals surface area (Å²) < 4.78 is 1.63. The van der Waals surface area contributed by atoms with Crippen LogP contribution in [0.15, 0.2) is 30.3 Å². The first-order chi connectivity index (χ1) is 11.9. The molecule has 0 aliphatic rings. The van der Waals surface area contributed by atoms with Crippen LogP contribution in [-0.4, -0.2) is 22.0 Å². The first-order valence-electron chi connectivity index (χ1n) is 7.91. The van der Waals surface area contributed by atoms with Crippen molar-refractivity contribution in [3.8, 4) is 12.3 Å². The van der Waals surface area contributed by atoms with Crippen LogP contribution in [0.4, 0.5) is 5.69 Å². The summed E-state index contributed by atoms with van der Waals surface area (Å²) in [7, 11) is 1.70. The highest BCUT2D eigenvalue weighted by Crippen LogP contribution is 2.23. The predicted molar refractivity (Wildman–Crippen MR) is 96.7 cm³/mol. The van der Waals surface area contributed by atoms with Gasteiger partial charge in [0.2, 0.25) is 11.6 Å². The van der Waals surface area contributed by atoms with Crippen LogP contribution in [0.1, 0.15) is 44.9 Å². The van der Waals surface area contributed by atoms with Crippen molar-refractivity contribution in [2.24, 2.45) is 7.05 Å². The van der Waals surface area contributed by atoms with Crippen molar-refractivity contribution in [3.63, 3.8) is 0 Å². The fraction of sp³-hybridized carbons (Fsp3) is 0.250. The number of amides is 1. The van der Waals surface area contributed by atoms with Gasteiger partial charge in [-0.3, -0.25) is 14.4 Å². The summed E-state index contributed by atoms with van der Waals surface area (Å²) in [4.78, 5) is 37.1. The number of para-hydroxylation sites is 1. The number of carbonyl (C=O) groups is 3. The van der Waals surface area contributed by atoms with E-state index in [0.29, 0.717) is 22.6 Å². The molecular formula is C20H20N2O3. The number of Topliss-reactive ketones (excluding diaryl/α,β-unsaturated/α-hetero) is 2. The number of ketones is 2. The van der Waals surface area contributed by atoms with Gasteiger partial charge in [-0.15, -0.1) is 12.3 Å². The van der Waals surface area contributed by atoms with Crippen molar-refractivity contribution in [1.29, 1.82) is 0 Å². The molecule has 2 aromatic rings. The zero-order valence-electron chi connectivity index (χ0n) is 14.6. The Balaban J connectivity index is 2.36. The summed E-state index contributed by atoms with van der Waals surface area (Å²) in [6.07, 6.45) is 5.37.